The van der Waals surface area contributed by atoms with E-state index in [0.29, 0.717) is 11.6 Å². The molecule has 0 atom stereocenters. The maximum Gasteiger partial charge on any atom is 0.272 e. The molecule has 0 saturated heterocycles. The number of pyridine rings is 1. The molecule has 1 amide bonds. The van der Waals surface area contributed by atoms with Crippen LogP contribution in [0.4, 0.5) is 0 Å². The summed E-state index contributed by atoms with van der Waals surface area (Å²) in [6.07, 6.45) is 0.0167. The standard InChI is InChI=1S/C12H18N2O3/c1-9(2)17-11-6-4-5-10(13-11)12(16)14(3)7-8-15/h4-6,9,15H,7-8H2,1-3H3. The van der Waals surface area contributed by atoms with Crippen LogP contribution >= 0.6 is 0 Å². The molecule has 0 aliphatic carbocycles. The lowest BCUT2D eigenvalue weighted by Crippen LogP contribution is -2.30. The van der Waals surface area contributed by atoms with E-state index in [4.69, 9.17) is 9.84 Å². The van der Waals surface area contributed by atoms with E-state index in [1.807, 2.05) is 13.8 Å². The van der Waals surface area contributed by atoms with E-state index in [0.717, 1.165) is 0 Å². The van der Waals surface area contributed by atoms with Crippen molar-refractivity contribution in [1.29, 1.82) is 0 Å². The summed E-state index contributed by atoms with van der Waals surface area (Å²) in [7, 11) is 1.62. The van der Waals surface area contributed by atoms with Crippen LogP contribution in [-0.2, 0) is 0 Å². The molecule has 1 aromatic rings. The topological polar surface area (TPSA) is 62.7 Å². The number of likely N-dealkylation sites (N-methyl/N-ethyl adjacent to an activating group) is 1. The highest BCUT2D eigenvalue weighted by molar-refractivity contribution is 5.92. The third-order valence-corrected chi connectivity index (χ3v) is 2.08. The number of aromatic nitrogens is 1. The zero-order valence-corrected chi connectivity index (χ0v) is 10.4. The van der Waals surface area contributed by atoms with Crippen molar-refractivity contribution >= 4 is 5.91 Å². The third kappa shape index (κ3) is 4.03. The van der Waals surface area contributed by atoms with E-state index in [9.17, 15) is 4.79 Å². The largest absolute Gasteiger partial charge is 0.475 e. The molecule has 0 fully saturated rings. The predicted molar refractivity (Wildman–Crippen MR) is 64.0 cm³/mol. The Kier molecular flexibility index (Phi) is 4.90. The molecule has 5 nitrogen and oxygen atoms in total. The van der Waals surface area contributed by atoms with Crippen LogP contribution in [0.1, 0.15) is 24.3 Å². The minimum absolute atomic E-state index is 0.0167. The first kappa shape index (κ1) is 13.4. The maximum atomic E-state index is 11.9. The minimum atomic E-state index is -0.228. The smallest absolute Gasteiger partial charge is 0.272 e. The molecule has 1 aromatic heterocycles. The number of hydrogen-bond donors (Lipinski definition) is 1. The fourth-order valence-corrected chi connectivity index (χ4v) is 1.29. The van der Waals surface area contributed by atoms with Crippen LogP contribution in [0.2, 0.25) is 0 Å². The van der Waals surface area contributed by atoms with Gasteiger partial charge >= 0.3 is 0 Å². The summed E-state index contributed by atoms with van der Waals surface area (Å²) in [4.78, 5) is 17.4. The van der Waals surface area contributed by atoms with Crippen LogP contribution in [0.5, 0.6) is 5.88 Å². The first-order valence-electron chi connectivity index (χ1n) is 5.54. The van der Waals surface area contributed by atoms with Gasteiger partial charge in [-0.1, -0.05) is 6.07 Å². The highest BCUT2D eigenvalue weighted by Crippen LogP contribution is 2.10. The zero-order valence-electron chi connectivity index (χ0n) is 10.4. The molecule has 5 heteroatoms. The van der Waals surface area contributed by atoms with Crippen molar-refractivity contribution in [1.82, 2.24) is 9.88 Å². The van der Waals surface area contributed by atoms with E-state index < -0.39 is 0 Å². The van der Waals surface area contributed by atoms with Crippen LogP contribution in [0, 0.1) is 0 Å². The normalized spacial score (nSPS) is 10.4. The lowest BCUT2D eigenvalue weighted by molar-refractivity contribution is 0.0759. The van der Waals surface area contributed by atoms with Crippen LogP contribution in [0.15, 0.2) is 18.2 Å². The van der Waals surface area contributed by atoms with Gasteiger partial charge in [0.1, 0.15) is 5.69 Å². The molecule has 0 unspecified atom stereocenters. The fraction of sp³-hybridized carbons (Fsp3) is 0.500. The number of aliphatic hydroxyl groups is 1. The molecule has 0 radical (unpaired) electrons. The second-order valence-corrected chi connectivity index (χ2v) is 3.98. The van der Waals surface area contributed by atoms with Gasteiger partial charge in [0.25, 0.3) is 5.91 Å². The number of amides is 1. The monoisotopic (exact) mass is 238 g/mol. The first-order chi connectivity index (χ1) is 8.04. The molecule has 0 aromatic carbocycles. The van der Waals surface area contributed by atoms with E-state index in [1.54, 1.807) is 25.2 Å². The van der Waals surface area contributed by atoms with Crippen molar-refractivity contribution in [2.45, 2.75) is 20.0 Å². The second-order valence-electron chi connectivity index (χ2n) is 3.98. The quantitative estimate of drug-likeness (QED) is 0.829. The average Bonchev–Trinajstić information content (AvgIpc) is 2.28. The van der Waals surface area contributed by atoms with Crippen molar-refractivity contribution in [2.75, 3.05) is 20.2 Å². The number of aliphatic hydroxyl groups excluding tert-OH is 1. The Morgan fingerprint density at radius 1 is 1.53 bits per heavy atom. The third-order valence-electron chi connectivity index (χ3n) is 2.08. The summed E-state index contributed by atoms with van der Waals surface area (Å²) in [5.41, 5.74) is 0.319. The molecule has 17 heavy (non-hydrogen) atoms. The maximum absolute atomic E-state index is 11.9. The lowest BCUT2D eigenvalue weighted by atomic mass is 10.3. The van der Waals surface area contributed by atoms with Gasteiger partial charge < -0.3 is 14.7 Å². The Hall–Kier alpha value is -1.62. The Labute approximate surface area is 101 Å². The molecular formula is C12H18N2O3. The van der Waals surface area contributed by atoms with Crippen LogP contribution in [-0.4, -0.2) is 47.2 Å². The summed E-state index contributed by atoms with van der Waals surface area (Å²) in [5, 5.41) is 8.77. The Morgan fingerprint density at radius 3 is 2.82 bits per heavy atom. The van der Waals surface area contributed by atoms with Crippen LogP contribution in [0.25, 0.3) is 0 Å². The fourth-order valence-electron chi connectivity index (χ4n) is 1.29. The van der Waals surface area contributed by atoms with Gasteiger partial charge in [0.15, 0.2) is 0 Å². The second kappa shape index (κ2) is 6.20. The van der Waals surface area contributed by atoms with Gasteiger partial charge in [-0.2, -0.15) is 0 Å². The molecule has 94 valence electrons. The van der Waals surface area contributed by atoms with Crippen molar-refractivity contribution in [3.8, 4) is 5.88 Å². The Morgan fingerprint density at radius 2 is 2.24 bits per heavy atom. The van der Waals surface area contributed by atoms with Gasteiger partial charge in [-0.05, 0) is 19.9 Å². The van der Waals surface area contributed by atoms with Crippen LogP contribution in [0.3, 0.4) is 0 Å². The van der Waals surface area contributed by atoms with Gasteiger partial charge in [0, 0.05) is 19.7 Å². The molecule has 0 saturated carbocycles. The van der Waals surface area contributed by atoms with Gasteiger partial charge in [-0.15, -0.1) is 0 Å². The average molecular weight is 238 g/mol. The molecule has 0 aliphatic rings. The van der Waals surface area contributed by atoms with Gasteiger partial charge in [0.05, 0.1) is 12.7 Å². The molecule has 1 heterocycles. The highest BCUT2D eigenvalue weighted by Gasteiger charge is 2.13. The van der Waals surface area contributed by atoms with E-state index in [2.05, 4.69) is 4.98 Å². The summed E-state index contributed by atoms with van der Waals surface area (Å²) in [5.74, 6) is 0.205. The predicted octanol–water partition coefficient (Wildman–Crippen LogP) is 0.933. The first-order valence-corrected chi connectivity index (χ1v) is 5.54. The summed E-state index contributed by atoms with van der Waals surface area (Å²) >= 11 is 0. The number of ether oxygens (including phenoxy) is 1. The van der Waals surface area contributed by atoms with Gasteiger partial charge in [-0.25, -0.2) is 4.98 Å². The molecule has 0 bridgehead atoms. The Bertz CT molecular complexity index is 380. The number of hydrogen-bond acceptors (Lipinski definition) is 4. The molecule has 1 N–H and O–H groups in total. The number of carbonyl (C=O) groups excluding carboxylic acids is 1. The van der Waals surface area contributed by atoms with Crippen molar-refractivity contribution in [2.24, 2.45) is 0 Å². The lowest BCUT2D eigenvalue weighted by Gasteiger charge is -2.15. The summed E-state index contributed by atoms with van der Waals surface area (Å²) in [6.45, 7) is 4.02. The molecule has 0 spiro atoms. The number of rotatable bonds is 5. The zero-order chi connectivity index (χ0) is 12.8. The molecular weight excluding hydrogens is 220 g/mol. The van der Waals surface area contributed by atoms with Crippen molar-refractivity contribution < 1.29 is 14.6 Å². The molecule has 1 rings (SSSR count). The summed E-state index contributed by atoms with van der Waals surface area (Å²) < 4.78 is 5.41. The van der Waals surface area contributed by atoms with Crippen molar-refractivity contribution in [3.05, 3.63) is 23.9 Å². The van der Waals surface area contributed by atoms with Gasteiger partial charge in [0.2, 0.25) is 5.88 Å². The van der Waals surface area contributed by atoms with E-state index >= 15 is 0 Å². The van der Waals surface area contributed by atoms with E-state index in [-0.39, 0.29) is 25.2 Å². The highest BCUT2D eigenvalue weighted by atomic mass is 16.5. The van der Waals surface area contributed by atoms with Crippen LogP contribution < -0.4 is 4.74 Å². The Balaban J connectivity index is 2.80. The summed E-state index contributed by atoms with van der Waals surface area (Å²) in [6, 6.07) is 5.07. The van der Waals surface area contributed by atoms with Crippen molar-refractivity contribution in [3.63, 3.8) is 0 Å². The minimum Gasteiger partial charge on any atom is -0.475 e. The number of carbonyl (C=O) groups is 1. The number of nitrogens with zero attached hydrogens (tertiary/aromatic N) is 2. The molecule has 0 aliphatic heterocycles. The SMILES string of the molecule is CC(C)Oc1cccc(C(=O)N(C)CCO)n1. The van der Waals surface area contributed by atoms with Gasteiger partial charge in [-0.3, -0.25) is 4.79 Å². The van der Waals surface area contributed by atoms with E-state index in [1.165, 1.54) is 4.90 Å².